The molecule has 2 aromatic rings. The third kappa shape index (κ3) is 1.91. The number of rotatable bonds is 5. The summed E-state index contributed by atoms with van der Waals surface area (Å²) >= 11 is 6.11. The molecule has 20 heavy (non-hydrogen) atoms. The Morgan fingerprint density at radius 1 is 1.40 bits per heavy atom. The average molecular weight is 291 g/mol. The molecule has 106 valence electrons. The largest absolute Gasteiger partial charge is 0.497 e. The predicted molar refractivity (Wildman–Crippen MR) is 80.2 cm³/mol. The predicted octanol–water partition coefficient (Wildman–Crippen LogP) is 3.97. The van der Waals surface area contributed by atoms with Gasteiger partial charge in [0.2, 0.25) is 0 Å². The molecule has 0 unspecified atom stereocenters. The normalized spacial score (nSPS) is 20.3. The van der Waals surface area contributed by atoms with E-state index < -0.39 is 0 Å². The number of imidazole rings is 1. The van der Waals surface area contributed by atoms with E-state index in [2.05, 4.69) is 15.6 Å². The molecule has 1 aromatic heterocycles. The van der Waals surface area contributed by atoms with Crippen molar-refractivity contribution in [2.75, 3.05) is 7.11 Å². The van der Waals surface area contributed by atoms with E-state index in [1.807, 2.05) is 12.1 Å². The number of hydrogen-bond acceptors (Lipinski definition) is 2. The number of benzene rings is 1. The average Bonchev–Trinajstić information content (AvgIpc) is 3.36. The molecule has 4 rings (SSSR count). The molecule has 0 amide bonds. The summed E-state index contributed by atoms with van der Waals surface area (Å²) in [6.45, 7) is 1.07. The molecule has 2 aliphatic rings. The minimum atomic E-state index is 0.470. The lowest BCUT2D eigenvalue weighted by molar-refractivity contribution is 0.370. The summed E-state index contributed by atoms with van der Waals surface area (Å²) < 4.78 is 7.68. The molecule has 0 saturated heterocycles. The maximum Gasteiger partial charge on any atom is 0.124 e. The van der Waals surface area contributed by atoms with Gasteiger partial charge in [-0.15, -0.1) is 11.6 Å². The highest BCUT2D eigenvalue weighted by atomic mass is 35.5. The zero-order valence-electron chi connectivity index (χ0n) is 11.7. The lowest BCUT2D eigenvalue weighted by Crippen LogP contribution is -2.15. The van der Waals surface area contributed by atoms with Crippen molar-refractivity contribution in [3.05, 3.63) is 24.0 Å². The number of hydrogen-bond donors (Lipinski definition) is 0. The Bertz CT molecular complexity index is 656. The SMILES string of the molecule is COc1ccc2nc(CCl)n(CC3(C4CC4)CC3)c2c1. The first-order valence-corrected chi connectivity index (χ1v) is 7.88. The summed E-state index contributed by atoms with van der Waals surface area (Å²) in [4.78, 5) is 4.67. The number of aromatic nitrogens is 2. The van der Waals surface area contributed by atoms with Crippen LogP contribution in [0.2, 0.25) is 0 Å². The molecular formula is C16H19ClN2O. The summed E-state index contributed by atoms with van der Waals surface area (Å²) in [7, 11) is 1.71. The minimum absolute atomic E-state index is 0.470. The summed E-state index contributed by atoms with van der Waals surface area (Å²) in [5.74, 6) is 3.28. The third-order valence-electron chi connectivity index (χ3n) is 4.96. The highest BCUT2D eigenvalue weighted by molar-refractivity contribution is 6.16. The first kappa shape index (κ1) is 12.5. The second-order valence-electron chi connectivity index (χ2n) is 6.24. The van der Waals surface area contributed by atoms with Crippen molar-refractivity contribution in [2.24, 2.45) is 11.3 Å². The van der Waals surface area contributed by atoms with Gasteiger partial charge >= 0.3 is 0 Å². The fraction of sp³-hybridized carbons (Fsp3) is 0.562. The topological polar surface area (TPSA) is 27.1 Å². The summed E-state index contributed by atoms with van der Waals surface area (Å²) in [6, 6.07) is 6.07. The number of alkyl halides is 1. The van der Waals surface area contributed by atoms with Crippen LogP contribution < -0.4 is 4.74 Å². The Morgan fingerprint density at radius 3 is 2.80 bits per heavy atom. The van der Waals surface area contributed by atoms with Crippen LogP contribution in [0.3, 0.4) is 0 Å². The Kier molecular flexibility index (Phi) is 2.75. The standard InChI is InChI=1S/C16H19ClN2O/c1-20-12-4-5-13-14(8-12)19(15(9-17)18-13)10-16(6-7-16)11-2-3-11/h4-5,8,11H,2-3,6-7,9-10H2,1H3. The van der Waals surface area contributed by atoms with Gasteiger partial charge in [0.25, 0.3) is 0 Å². The second kappa shape index (κ2) is 4.39. The smallest absolute Gasteiger partial charge is 0.124 e. The van der Waals surface area contributed by atoms with Gasteiger partial charge in [0.1, 0.15) is 11.6 Å². The van der Waals surface area contributed by atoms with Crippen LogP contribution in [0.5, 0.6) is 5.75 Å². The Morgan fingerprint density at radius 2 is 2.20 bits per heavy atom. The van der Waals surface area contributed by atoms with Crippen LogP contribution in [0.4, 0.5) is 0 Å². The van der Waals surface area contributed by atoms with Crippen LogP contribution in [0.1, 0.15) is 31.5 Å². The van der Waals surface area contributed by atoms with Gasteiger partial charge in [-0.05, 0) is 49.1 Å². The maximum atomic E-state index is 6.11. The second-order valence-corrected chi connectivity index (χ2v) is 6.51. The van der Waals surface area contributed by atoms with Gasteiger partial charge < -0.3 is 9.30 Å². The molecule has 0 spiro atoms. The van der Waals surface area contributed by atoms with E-state index in [-0.39, 0.29) is 0 Å². The van der Waals surface area contributed by atoms with Gasteiger partial charge in [-0.3, -0.25) is 0 Å². The molecule has 2 fully saturated rings. The van der Waals surface area contributed by atoms with E-state index in [1.165, 1.54) is 25.7 Å². The molecule has 0 N–H and O–H groups in total. The number of halogens is 1. The molecule has 1 aromatic carbocycles. The Hall–Kier alpha value is -1.22. The van der Waals surface area contributed by atoms with E-state index in [9.17, 15) is 0 Å². The summed E-state index contributed by atoms with van der Waals surface area (Å²) in [6.07, 6.45) is 5.55. The zero-order valence-corrected chi connectivity index (χ0v) is 12.5. The van der Waals surface area contributed by atoms with Crippen molar-refractivity contribution >= 4 is 22.6 Å². The molecule has 0 bridgehead atoms. The number of ether oxygens (including phenoxy) is 1. The number of nitrogens with zero attached hydrogens (tertiary/aromatic N) is 2. The Labute approximate surface area is 123 Å². The van der Waals surface area contributed by atoms with Crippen LogP contribution in [0.25, 0.3) is 11.0 Å². The van der Waals surface area contributed by atoms with Crippen molar-refractivity contribution in [2.45, 2.75) is 38.1 Å². The van der Waals surface area contributed by atoms with Crippen LogP contribution in [-0.4, -0.2) is 16.7 Å². The van der Waals surface area contributed by atoms with Gasteiger partial charge in [-0.25, -0.2) is 4.98 Å². The zero-order chi connectivity index (χ0) is 13.7. The summed E-state index contributed by atoms with van der Waals surface area (Å²) in [5, 5.41) is 0. The minimum Gasteiger partial charge on any atom is -0.497 e. The monoisotopic (exact) mass is 290 g/mol. The van der Waals surface area contributed by atoms with Crippen LogP contribution in [0, 0.1) is 11.3 Å². The van der Waals surface area contributed by atoms with Crippen LogP contribution in [0.15, 0.2) is 18.2 Å². The maximum absolute atomic E-state index is 6.11. The van der Waals surface area contributed by atoms with Gasteiger partial charge in [-0.1, -0.05) is 0 Å². The van der Waals surface area contributed by atoms with Crippen LogP contribution >= 0.6 is 11.6 Å². The molecule has 0 atom stereocenters. The summed E-state index contributed by atoms with van der Waals surface area (Å²) in [5.41, 5.74) is 2.72. The van der Waals surface area contributed by atoms with Crippen molar-refractivity contribution in [3.8, 4) is 5.75 Å². The van der Waals surface area contributed by atoms with Gasteiger partial charge in [0.05, 0.1) is 24.0 Å². The van der Waals surface area contributed by atoms with Crippen LogP contribution in [-0.2, 0) is 12.4 Å². The van der Waals surface area contributed by atoms with Crippen molar-refractivity contribution < 1.29 is 4.74 Å². The van der Waals surface area contributed by atoms with E-state index >= 15 is 0 Å². The van der Waals surface area contributed by atoms with Gasteiger partial charge in [0, 0.05) is 12.6 Å². The number of methoxy groups -OCH3 is 1. The quantitative estimate of drug-likeness (QED) is 0.779. The van der Waals surface area contributed by atoms with Crippen molar-refractivity contribution in [1.82, 2.24) is 9.55 Å². The fourth-order valence-corrected chi connectivity index (χ4v) is 3.63. The highest BCUT2D eigenvalue weighted by Crippen LogP contribution is 2.62. The highest BCUT2D eigenvalue weighted by Gasteiger charge is 2.54. The molecule has 4 heteroatoms. The van der Waals surface area contributed by atoms with E-state index in [4.69, 9.17) is 16.3 Å². The third-order valence-corrected chi connectivity index (χ3v) is 5.20. The Balaban J connectivity index is 1.78. The molecule has 2 saturated carbocycles. The van der Waals surface area contributed by atoms with Gasteiger partial charge in [0.15, 0.2) is 0 Å². The van der Waals surface area contributed by atoms with Crippen molar-refractivity contribution in [1.29, 1.82) is 0 Å². The molecular weight excluding hydrogens is 272 g/mol. The van der Waals surface area contributed by atoms with Gasteiger partial charge in [-0.2, -0.15) is 0 Å². The molecule has 1 heterocycles. The molecule has 2 aliphatic carbocycles. The number of fused-ring (bicyclic) bond motifs is 1. The fourth-order valence-electron chi connectivity index (χ4n) is 3.42. The first-order valence-electron chi connectivity index (χ1n) is 7.35. The molecule has 3 nitrogen and oxygen atoms in total. The lowest BCUT2D eigenvalue weighted by atomic mass is 10.0. The van der Waals surface area contributed by atoms with E-state index in [1.54, 1.807) is 7.11 Å². The van der Waals surface area contributed by atoms with Crippen molar-refractivity contribution in [3.63, 3.8) is 0 Å². The van der Waals surface area contributed by atoms with E-state index in [0.29, 0.717) is 11.3 Å². The molecule has 0 radical (unpaired) electrons. The first-order chi connectivity index (χ1) is 9.75. The lowest BCUT2D eigenvalue weighted by Gasteiger charge is -2.17. The van der Waals surface area contributed by atoms with E-state index in [0.717, 1.165) is 35.1 Å². The molecule has 0 aliphatic heterocycles.